The molecule has 1 aromatic rings. The number of aliphatic hydroxyl groups excluding tert-OH is 1. The number of aryl methyl sites for hydroxylation is 1. The summed E-state index contributed by atoms with van der Waals surface area (Å²) in [5, 5.41) is 8.68. The summed E-state index contributed by atoms with van der Waals surface area (Å²) in [6, 6.07) is 6.72. The van der Waals surface area contributed by atoms with E-state index in [1.165, 1.54) is 25.7 Å². The predicted octanol–water partition coefficient (Wildman–Crippen LogP) is 4.20. The van der Waals surface area contributed by atoms with Gasteiger partial charge in [0, 0.05) is 6.61 Å². The second-order valence-electron chi connectivity index (χ2n) is 5.99. The van der Waals surface area contributed by atoms with Gasteiger partial charge in [-0.25, -0.2) is 0 Å². The van der Waals surface area contributed by atoms with E-state index in [1.54, 1.807) is 24.3 Å². The molecule has 0 fully saturated rings. The highest BCUT2D eigenvalue weighted by Gasteiger charge is 2.14. The van der Waals surface area contributed by atoms with Crippen LogP contribution in [0.5, 0.6) is 0 Å². The maximum absolute atomic E-state index is 12.0. The Morgan fingerprint density at radius 3 is 1.83 bits per heavy atom. The second-order valence-corrected chi connectivity index (χ2v) is 7.61. The molecular formula is C18H30O4S. The van der Waals surface area contributed by atoms with Crippen LogP contribution >= 0.6 is 0 Å². The van der Waals surface area contributed by atoms with E-state index in [9.17, 15) is 8.42 Å². The second kappa shape index (κ2) is 11.6. The molecular weight excluding hydrogens is 312 g/mol. The largest absolute Gasteiger partial charge is 0.396 e. The highest BCUT2D eigenvalue weighted by atomic mass is 32.2. The van der Waals surface area contributed by atoms with E-state index in [-0.39, 0.29) is 11.5 Å². The Hall–Kier alpha value is -0.910. The van der Waals surface area contributed by atoms with Crippen LogP contribution in [0.4, 0.5) is 0 Å². The molecule has 0 aromatic heterocycles. The smallest absolute Gasteiger partial charge is 0.296 e. The first-order chi connectivity index (χ1) is 11.1. The van der Waals surface area contributed by atoms with E-state index in [2.05, 4.69) is 0 Å². The van der Waals surface area contributed by atoms with Gasteiger partial charge in [0.2, 0.25) is 0 Å². The lowest BCUT2D eigenvalue weighted by molar-refractivity contribution is 0.282. The number of unbranched alkanes of at least 4 members (excludes halogenated alkanes) is 8. The Morgan fingerprint density at radius 1 is 0.826 bits per heavy atom. The van der Waals surface area contributed by atoms with Gasteiger partial charge < -0.3 is 5.11 Å². The molecule has 0 heterocycles. The molecule has 0 aliphatic carbocycles. The zero-order valence-electron chi connectivity index (χ0n) is 14.2. The Kier molecular flexibility index (Phi) is 10.2. The molecule has 4 nitrogen and oxygen atoms in total. The lowest BCUT2D eigenvalue weighted by Gasteiger charge is -2.06. The van der Waals surface area contributed by atoms with E-state index in [0.717, 1.165) is 37.7 Å². The molecule has 5 heteroatoms. The van der Waals surface area contributed by atoms with Crippen LogP contribution in [-0.4, -0.2) is 26.7 Å². The van der Waals surface area contributed by atoms with Crippen molar-refractivity contribution in [3.8, 4) is 0 Å². The highest BCUT2D eigenvalue weighted by Crippen LogP contribution is 2.14. The van der Waals surface area contributed by atoms with E-state index in [0.29, 0.717) is 6.61 Å². The van der Waals surface area contributed by atoms with Crippen LogP contribution in [0.25, 0.3) is 0 Å². The van der Waals surface area contributed by atoms with Crippen LogP contribution in [0, 0.1) is 6.92 Å². The van der Waals surface area contributed by atoms with Crippen LogP contribution in [0.1, 0.15) is 63.4 Å². The number of aliphatic hydroxyl groups is 1. The third-order valence-corrected chi connectivity index (χ3v) is 5.18. The fraction of sp³-hybridized carbons (Fsp3) is 0.667. The molecule has 0 atom stereocenters. The van der Waals surface area contributed by atoms with Crippen molar-refractivity contribution in [2.75, 3.05) is 13.2 Å². The van der Waals surface area contributed by atoms with Gasteiger partial charge in [0.1, 0.15) is 0 Å². The minimum Gasteiger partial charge on any atom is -0.396 e. The number of hydrogen-bond acceptors (Lipinski definition) is 4. The molecule has 0 saturated carbocycles. The Balaban J connectivity index is 2.05. The standard InChI is InChI=1S/C18H30O4S/c1-17-11-13-18(14-12-17)23(20,21)22-16-10-8-6-4-2-3-5-7-9-15-19/h11-14,19H,2-10,15-16H2,1H3. The van der Waals surface area contributed by atoms with Gasteiger partial charge in [0.25, 0.3) is 10.1 Å². The summed E-state index contributed by atoms with van der Waals surface area (Å²) in [6.07, 6.45) is 9.73. The average molecular weight is 343 g/mol. The van der Waals surface area contributed by atoms with Crippen molar-refractivity contribution < 1.29 is 17.7 Å². The van der Waals surface area contributed by atoms with Crippen molar-refractivity contribution in [1.82, 2.24) is 0 Å². The van der Waals surface area contributed by atoms with Crippen molar-refractivity contribution in [2.45, 2.75) is 69.6 Å². The van der Waals surface area contributed by atoms with Crippen LogP contribution in [0.3, 0.4) is 0 Å². The molecule has 0 amide bonds. The Morgan fingerprint density at radius 2 is 1.30 bits per heavy atom. The Bertz CT molecular complexity index is 508. The summed E-state index contributed by atoms with van der Waals surface area (Å²) in [5.41, 5.74) is 1.03. The van der Waals surface area contributed by atoms with E-state index in [4.69, 9.17) is 9.29 Å². The van der Waals surface area contributed by atoms with Crippen LogP contribution in [0.15, 0.2) is 29.2 Å². The topological polar surface area (TPSA) is 63.6 Å². The summed E-state index contributed by atoms with van der Waals surface area (Å²) in [7, 11) is -3.61. The fourth-order valence-electron chi connectivity index (χ4n) is 2.39. The average Bonchev–Trinajstić information content (AvgIpc) is 2.53. The number of hydrogen-bond donors (Lipinski definition) is 1. The summed E-state index contributed by atoms with van der Waals surface area (Å²) in [5.74, 6) is 0. The first-order valence-corrected chi connectivity index (χ1v) is 10.0. The van der Waals surface area contributed by atoms with E-state index < -0.39 is 10.1 Å². The third-order valence-electron chi connectivity index (χ3n) is 3.85. The fourth-order valence-corrected chi connectivity index (χ4v) is 3.34. The SMILES string of the molecule is Cc1ccc(S(=O)(=O)OCCCCCCCCCCCO)cc1. The molecule has 1 aromatic carbocycles. The molecule has 0 bridgehead atoms. The minimum absolute atomic E-state index is 0.228. The molecule has 1 N–H and O–H groups in total. The van der Waals surface area contributed by atoms with Crippen molar-refractivity contribution in [1.29, 1.82) is 0 Å². The molecule has 0 radical (unpaired) electrons. The summed E-state index contributed by atoms with van der Waals surface area (Å²) in [4.78, 5) is 0.228. The number of rotatable bonds is 13. The lowest BCUT2D eigenvalue weighted by Crippen LogP contribution is -2.07. The maximum Gasteiger partial charge on any atom is 0.296 e. The van der Waals surface area contributed by atoms with Crippen molar-refractivity contribution in [2.24, 2.45) is 0 Å². The monoisotopic (exact) mass is 342 g/mol. The van der Waals surface area contributed by atoms with Gasteiger partial charge in [0.05, 0.1) is 11.5 Å². The Labute approximate surface area is 141 Å². The zero-order valence-corrected chi connectivity index (χ0v) is 15.0. The predicted molar refractivity (Wildman–Crippen MR) is 93.0 cm³/mol. The van der Waals surface area contributed by atoms with Crippen molar-refractivity contribution >= 4 is 10.1 Å². The van der Waals surface area contributed by atoms with Crippen molar-refractivity contribution in [3.05, 3.63) is 29.8 Å². The summed E-state index contributed by atoms with van der Waals surface area (Å²) >= 11 is 0. The lowest BCUT2D eigenvalue weighted by atomic mass is 10.1. The highest BCUT2D eigenvalue weighted by molar-refractivity contribution is 7.86. The van der Waals surface area contributed by atoms with Crippen LogP contribution in [-0.2, 0) is 14.3 Å². The molecule has 0 aliphatic heterocycles. The summed E-state index contributed by atoms with van der Waals surface area (Å²) in [6.45, 7) is 2.47. The molecule has 1 rings (SSSR count). The van der Waals surface area contributed by atoms with Gasteiger partial charge in [-0.3, -0.25) is 4.18 Å². The van der Waals surface area contributed by atoms with Crippen LogP contribution in [0.2, 0.25) is 0 Å². The first-order valence-electron chi connectivity index (χ1n) is 8.63. The van der Waals surface area contributed by atoms with Crippen LogP contribution < -0.4 is 0 Å². The van der Waals surface area contributed by atoms with Gasteiger partial charge in [-0.05, 0) is 31.9 Å². The van der Waals surface area contributed by atoms with E-state index in [1.807, 2.05) is 6.92 Å². The quantitative estimate of drug-likeness (QED) is 0.431. The summed E-state index contributed by atoms with van der Waals surface area (Å²) < 4.78 is 29.0. The van der Waals surface area contributed by atoms with Gasteiger partial charge in [0.15, 0.2) is 0 Å². The molecule has 23 heavy (non-hydrogen) atoms. The number of benzene rings is 1. The van der Waals surface area contributed by atoms with E-state index >= 15 is 0 Å². The van der Waals surface area contributed by atoms with Gasteiger partial charge >= 0.3 is 0 Å². The first kappa shape index (κ1) is 20.1. The molecule has 0 unspecified atom stereocenters. The molecule has 0 aliphatic rings. The zero-order chi connectivity index (χ0) is 17.0. The molecule has 132 valence electrons. The maximum atomic E-state index is 12.0. The van der Waals surface area contributed by atoms with Gasteiger partial charge in [-0.1, -0.05) is 62.6 Å². The molecule has 0 saturated heterocycles. The normalized spacial score (nSPS) is 11.7. The van der Waals surface area contributed by atoms with Gasteiger partial charge in [-0.15, -0.1) is 0 Å². The van der Waals surface area contributed by atoms with Gasteiger partial charge in [-0.2, -0.15) is 8.42 Å². The molecule has 0 spiro atoms. The van der Waals surface area contributed by atoms with Crippen molar-refractivity contribution in [3.63, 3.8) is 0 Å². The minimum atomic E-state index is -3.61. The third kappa shape index (κ3) is 9.08.